The van der Waals surface area contributed by atoms with E-state index in [1.807, 2.05) is 60.7 Å². The molecule has 0 bridgehead atoms. The highest BCUT2D eigenvalue weighted by Gasteiger charge is 2.24. The Labute approximate surface area is 215 Å². The molecule has 0 fully saturated rings. The molecule has 0 spiro atoms. The van der Waals surface area contributed by atoms with Crippen LogP contribution in [0.25, 0.3) is 0 Å². The van der Waals surface area contributed by atoms with Gasteiger partial charge >= 0.3 is 0 Å². The van der Waals surface area contributed by atoms with Gasteiger partial charge in [-0.2, -0.15) is 0 Å². The van der Waals surface area contributed by atoms with Gasteiger partial charge in [-0.1, -0.05) is 62.7 Å². The summed E-state index contributed by atoms with van der Waals surface area (Å²) in [5.74, 6) is 4.06. The van der Waals surface area contributed by atoms with E-state index in [4.69, 9.17) is 14.2 Å². The quantitative estimate of drug-likeness (QED) is 0.239. The molecule has 0 unspecified atom stereocenters. The summed E-state index contributed by atoms with van der Waals surface area (Å²) in [7, 11) is 0. The summed E-state index contributed by atoms with van der Waals surface area (Å²) >= 11 is 0. The van der Waals surface area contributed by atoms with Crippen molar-refractivity contribution in [2.24, 2.45) is 0 Å². The van der Waals surface area contributed by atoms with E-state index < -0.39 is 0 Å². The van der Waals surface area contributed by atoms with Crippen molar-refractivity contribution in [3.8, 4) is 28.7 Å². The largest absolute Gasteiger partial charge is 0.488 e. The molecule has 3 nitrogen and oxygen atoms in total. The third kappa shape index (κ3) is 6.28. The standard InChI is InChI=1S/C33H36O3/c1-7-32(3,4)36-31-18-12-26(13-19-31)33(5,6)25-10-16-28(17-11-25)35-30-22-20-29(21-23-30)34-27-14-8-24(2)9-15-27/h8-23H,7H2,1-6H3. The molecule has 4 rings (SSSR count). The molecule has 3 heteroatoms. The van der Waals surface area contributed by atoms with E-state index in [1.165, 1.54) is 16.7 Å². The lowest BCUT2D eigenvalue weighted by atomic mass is 9.78. The minimum Gasteiger partial charge on any atom is -0.488 e. The first kappa shape index (κ1) is 25.4. The van der Waals surface area contributed by atoms with Crippen molar-refractivity contribution in [2.45, 2.75) is 59.0 Å². The summed E-state index contributed by atoms with van der Waals surface area (Å²) in [6, 6.07) is 32.5. The topological polar surface area (TPSA) is 27.7 Å². The Morgan fingerprint density at radius 3 is 1.22 bits per heavy atom. The maximum absolute atomic E-state index is 6.11. The molecule has 0 aliphatic heterocycles. The number of rotatable bonds is 9. The third-order valence-electron chi connectivity index (χ3n) is 6.71. The highest BCUT2D eigenvalue weighted by Crippen LogP contribution is 2.35. The average molecular weight is 481 g/mol. The Balaban J connectivity index is 1.40. The Kier molecular flexibility index (Phi) is 7.40. The lowest BCUT2D eigenvalue weighted by Gasteiger charge is -2.28. The molecule has 0 aliphatic carbocycles. The smallest absolute Gasteiger partial charge is 0.127 e. The minimum absolute atomic E-state index is 0.147. The van der Waals surface area contributed by atoms with Crippen LogP contribution in [0, 0.1) is 6.92 Å². The van der Waals surface area contributed by atoms with Gasteiger partial charge in [0.2, 0.25) is 0 Å². The van der Waals surface area contributed by atoms with E-state index in [1.54, 1.807) is 0 Å². The van der Waals surface area contributed by atoms with Crippen molar-refractivity contribution in [2.75, 3.05) is 0 Å². The number of ether oxygens (including phenoxy) is 3. The fourth-order valence-corrected chi connectivity index (χ4v) is 3.89. The summed E-state index contributed by atoms with van der Waals surface area (Å²) in [5.41, 5.74) is 3.36. The van der Waals surface area contributed by atoms with Crippen molar-refractivity contribution in [3.63, 3.8) is 0 Å². The zero-order chi connectivity index (χ0) is 25.8. The van der Waals surface area contributed by atoms with E-state index >= 15 is 0 Å². The molecule has 0 N–H and O–H groups in total. The van der Waals surface area contributed by atoms with E-state index in [-0.39, 0.29) is 11.0 Å². The second kappa shape index (κ2) is 10.5. The molecule has 186 valence electrons. The SMILES string of the molecule is CCC(C)(C)Oc1ccc(C(C)(C)c2ccc(Oc3ccc(Oc4ccc(C)cc4)cc3)cc2)cc1. The van der Waals surface area contributed by atoms with Gasteiger partial charge in [0.15, 0.2) is 0 Å². The Morgan fingerprint density at radius 2 is 0.833 bits per heavy atom. The normalized spacial score (nSPS) is 11.7. The van der Waals surface area contributed by atoms with Gasteiger partial charge in [-0.05, 0) is 99.0 Å². The minimum atomic E-state index is -0.165. The molecule has 36 heavy (non-hydrogen) atoms. The summed E-state index contributed by atoms with van der Waals surface area (Å²) in [6.45, 7) is 12.9. The van der Waals surface area contributed by atoms with Crippen LogP contribution in [0.4, 0.5) is 0 Å². The van der Waals surface area contributed by atoms with Crippen molar-refractivity contribution in [1.82, 2.24) is 0 Å². The molecule has 0 radical (unpaired) electrons. The van der Waals surface area contributed by atoms with Crippen LogP contribution in [0.5, 0.6) is 28.7 Å². The zero-order valence-electron chi connectivity index (χ0n) is 22.2. The van der Waals surface area contributed by atoms with Gasteiger partial charge in [-0.3, -0.25) is 0 Å². The molecule has 0 atom stereocenters. The van der Waals surface area contributed by atoms with Crippen LogP contribution in [0.3, 0.4) is 0 Å². The maximum atomic E-state index is 6.11. The average Bonchev–Trinajstić information content (AvgIpc) is 2.87. The Morgan fingerprint density at radius 1 is 0.500 bits per heavy atom. The molecule has 4 aromatic rings. The van der Waals surface area contributed by atoms with Crippen LogP contribution >= 0.6 is 0 Å². The van der Waals surface area contributed by atoms with Gasteiger partial charge in [-0.25, -0.2) is 0 Å². The summed E-state index contributed by atoms with van der Waals surface area (Å²) in [4.78, 5) is 0. The predicted molar refractivity (Wildman–Crippen MR) is 148 cm³/mol. The summed E-state index contributed by atoms with van der Waals surface area (Å²) in [5, 5.41) is 0. The van der Waals surface area contributed by atoms with Gasteiger partial charge in [0.25, 0.3) is 0 Å². The van der Waals surface area contributed by atoms with Crippen LogP contribution in [0.1, 0.15) is 57.7 Å². The van der Waals surface area contributed by atoms with Crippen LogP contribution in [0.2, 0.25) is 0 Å². The maximum Gasteiger partial charge on any atom is 0.127 e. The molecule has 4 aromatic carbocycles. The second-order valence-electron chi connectivity index (χ2n) is 10.4. The fraction of sp³-hybridized carbons (Fsp3) is 0.273. The van der Waals surface area contributed by atoms with E-state index in [2.05, 4.69) is 77.9 Å². The van der Waals surface area contributed by atoms with Crippen molar-refractivity contribution < 1.29 is 14.2 Å². The summed E-state index contributed by atoms with van der Waals surface area (Å²) in [6.07, 6.45) is 0.958. The molecular weight excluding hydrogens is 444 g/mol. The molecule has 0 heterocycles. The number of hydrogen-bond acceptors (Lipinski definition) is 3. The number of hydrogen-bond donors (Lipinski definition) is 0. The molecule has 0 amide bonds. The molecular formula is C33H36O3. The van der Waals surface area contributed by atoms with Gasteiger partial charge in [0.1, 0.15) is 34.3 Å². The number of aryl methyl sites for hydroxylation is 1. The van der Waals surface area contributed by atoms with Crippen LogP contribution in [-0.4, -0.2) is 5.60 Å². The van der Waals surface area contributed by atoms with Crippen LogP contribution < -0.4 is 14.2 Å². The van der Waals surface area contributed by atoms with Gasteiger partial charge in [-0.15, -0.1) is 0 Å². The van der Waals surface area contributed by atoms with E-state index in [0.29, 0.717) is 0 Å². The van der Waals surface area contributed by atoms with Crippen molar-refractivity contribution in [3.05, 3.63) is 114 Å². The zero-order valence-corrected chi connectivity index (χ0v) is 22.2. The Hall–Kier alpha value is -3.72. The third-order valence-corrected chi connectivity index (χ3v) is 6.71. The Bertz CT molecular complexity index is 1250. The first-order valence-corrected chi connectivity index (χ1v) is 12.6. The monoisotopic (exact) mass is 480 g/mol. The fourth-order valence-electron chi connectivity index (χ4n) is 3.89. The highest BCUT2D eigenvalue weighted by atomic mass is 16.5. The van der Waals surface area contributed by atoms with Crippen LogP contribution in [-0.2, 0) is 5.41 Å². The van der Waals surface area contributed by atoms with E-state index in [9.17, 15) is 0 Å². The molecule has 0 saturated carbocycles. The lowest BCUT2D eigenvalue weighted by Crippen LogP contribution is -2.26. The van der Waals surface area contributed by atoms with Gasteiger partial charge in [0.05, 0.1) is 0 Å². The number of benzene rings is 4. The van der Waals surface area contributed by atoms with Gasteiger partial charge in [0, 0.05) is 5.41 Å². The lowest BCUT2D eigenvalue weighted by molar-refractivity contribution is 0.105. The summed E-state index contributed by atoms with van der Waals surface area (Å²) < 4.78 is 18.1. The first-order valence-electron chi connectivity index (χ1n) is 12.6. The molecule has 0 aromatic heterocycles. The van der Waals surface area contributed by atoms with Gasteiger partial charge < -0.3 is 14.2 Å². The molecule has 0 aliphatic rings. The van der Waals surface area contributed by atoms with Crippen molar-refractivity contribution >= 4 is 0 Å². The highest BCUT2D eigenvalue weighted by molar-refractivity contribution is 5.43. The first-order chi connectivity index (χ1) is 17.1. The van der Waals surface area contributed by atoms with Crippen LogP contribution in [0.15, 0.2) is 97.1 Å². The molecule has 0 saturated heterocycles. The second-order valence-corrected chi connectivity index (χ2v) is 10.4. The predicted octanol–water partition coefficient (Wildman–Crippen LogP) is 9.47. The van der Waals surface area contributed by atoms with Crippen molar-refractivity contribution in [1.29, 1.82) is 0 Å². The van der Waals surface area contributed by atoms with E-state index in [0.717, 1.165) is 35.2 Å².